The molecule has 1 unspecified atom stereocenters. The molecule has 90 valence electrons. The monoisotopic (exact) mass is 230 g/mol. The van der Waals surface area contributed by atoms with Crippen LogP contribution in [-0.2, 0) is 0 Å². The molecule has 0 bridgehead atoms. The second kappa shape index (κ2) is 6.05. The van der Waals surface area contributed by atoms with Crippen molar-refractivity contribution < 1.29 is 4.79 Å². The van der Waals surface area contributed by atoms with E-state index in [-0.39, 0.29) is 11.9 Å². The molecule has 0 saturated heterocycles. The quantitative estimate of drug-likeness (QED) is 0.864. The number of carbonyl (C=O) groups excluding carboxylic acids is 1. The average Bonchev–Trinajstić information content (AvgIpc) is 2.28. The van der Waals surface area contributed by atoms with Crippen molar-refractivity contribution in [2.24, 2.45) is 0 Å². The summed E-state index contributed by atoms with van der Waals surface area (Å²) in [4.78, 5) is 12.0. The van der Waals surface area contributed by atoms with E-state index in [1.807, 2.05) is 39.0 Å². The smallest absolute Gasteiger partial charge is 0.251 e. The zero-order valence-electron chi connectivity index (χ0n) is 10.6. The summed E-state index contributed by atoms with van der Waals surface area (Å²) in [7, 11) is 0. The molecule has 0 radical (unpaired) electrons. The predicted octanol–water partition coefficient (Wildman–Crippen LogP) is 2.73. The van der Waals surface area contributed by atoms with Crippen molar-refractivity contribution in [1.82, 2.24) is 5.32 Å². The van der Waals surface area contributed by atoms with E-state index in [0.717, 1.165) is 17.5 Å². The van der Waals surface area contributed by atoms with Crippen molar-refractivity contribution in [2.45, 2.75) is 39.7 Å². The minimum absolute atomic E-state index is 0.0618. The van der Waals surface area contributed by atoms with Gasteiger partial charge in [-0.2, -0.15) is 5.26 Å². The molecule has 17 heavy (non-hydrogen) atoms. The maximum Gasteiger partial charge on any atom is 0.251 e. The minimum atomic E-state index is -0.0930. The van der Waals surface area contributed by atoms with Crippen molar-refractivity contribution in [1.29, 1.82) is 5.26 Å². The lowest BCUT2D eigenvalue weighted by atomic mass is 10.0. The Morgan fingerprint density at radius 1 is 1.47 bits per heavy atom. The largest absolute Gasteiger partial charge is 0.348 e. The van der Waals surface area contributed by atoms with Gasteiger partial charge in [0.1, 0.15) is 0 Å². The summed E-state index contributed by atoms with van der Waals surface area (Å²) in [6.45, 7) is 5.89. The first-order valence-corrected chi connectivity index (χ1v) is 5.83. The van der Waals surface area contributed by atoms with Gasteiger partial charge in [-0.3, -0.25) is 4.79 Å². The van der Waals surface area contributed by atoms with Gasteiger partial charge in [0.2, 0.25) is 0 Å². The molecule has 0 aliphatic rings. The highest BCUT2D eigenvalue weighted by Gasteiger charge is 2.13. The van der Waals surface area contributed by atoms with Crippen molar-refractivity contribution in [3.63, 3.8) is 0 Å². The Balaban J connectivity index is 2.79. The number of hydrogen-bond acceptors (Lipinski definition) is 2. The van der Waals surface area contributed by atoms with E-state index in [9.17, 15) is 4.79 Å². The molecule has 1 N–H and O–H groups in total. The number of nitriles is 1. The normalized spacial score (nSPS) is 11.6. The Morgan fingerprint density at radius 2 is 2.18 bits per heavy atom. The van der Waals surface area contributed by atoms with Crippen LogP contribution in [-0.4, -0.2) is 11.9 Å². The van der Waals surface area contributed by atoms with E-state index in [1.54, 1.807) is 0 Å². The Hall–Kier alpha value is -1.82. The maximum absolute atomic E-state index is 12.0. The Bertz CT molecular complexity index is 446. The fourth-order valence-electron chi connectivity index (χ4n) is 1.74. The molecule has 1 atom stereocenters. The van der Waals surface area contributed by atoms with Crippen LogP contribution >= 0.6 is 0 Å². The highest BCUT2D eigenvalue weighted by Crippen LogP contribution is 2.11. The van der Waals surface area contributed by atoms with Gasteiger partial charge in [-0.25, -0.2) is 0 Å². The molecule has 0 aliphatic carbocycles. The van der Waals surface area contributed by atoms with Crippen LogP contribution in [0.3, 0.4) is 0 Å². The van der Waals surface area contributed by atoms with Gasteiger partial charge in [0.25, 0.3) is 5.91 Å². The first-order chi connectivity index (χ1) is 8.08. The molecule has 3 heteroatoms. The Kier molecular flexibility index (Phi) is 4.71. The summed E-state index contributed by atoms with van der Waals surface area (Å²) in [5, 5.41) is 11.5. The van der Waals surface area contributed by atoms with E-state index < -0.39 is 0 Å². The minimum Gasteiger partial charge on any atom is -0.348 e. The van der Waals surface area contributed by atoms with Gasteiger partial charge in [-0.15, -0.1) is 0 Å². The molecule has 1 aromatic rings. The number of nitrogens with one attached hydrogen (secondary N) is 1. The second-order valence-electron chi connectivity index (χ2n) is 4.26. The summed E-state index contributed by atoms with van der Waals surface area (Å²) in [5.74, 6) is -0.0930. The number of carbonyl (C=O) groups is 1. The summed E-state index contributed by atoms with van der Waals surface area (Å²) in [5.41, 5.74) is 2.80. The van der Waals surface area contributed by atoms with Crippen LogP contribution in [0.1, 0.15) is 41.3 Å². The molecule has 0 spiro atoms. The molecule has 0 saturated carbocycles. The van der Waals surface area contributed by atoms with Gasteiger partial charge in [-0.1, -0.05) is 24.6 Å². The number of benzene rings is 1. The average molecular weight is 230 g/mol. The highest BCUT2D eigenvalue weighted by atomic mass is 16.1. The summed E-state index contributed by atoms with van der Waals surface area (Å²) in [6, 6.07) is 7.77. The lowest BCUT2D eigenvalue weighted by Gasteiger charge is -2.14. The van der Waals surface area contributed by atoms with E-state index >= 15 is 0 Å². The van der Waals surface area contributed by atoms with Crippen LogP contribution in [0.15, 0.2) is 18.2 Å². The zero-order chi connectivity index (χ0) is 12.8. The van der Waals surface area contributed by atoms with E-state index in [1.165, 1.54) is 0 Å². The first-order valence-electron chi connectivity index (χ1n) is 5.83. The fraction of sp³-hybridized carbons (Fsp3) is 0.429. The van der Waals surface area contributed by atoms with Gasteiger partial charge in [0.15, 0.2) is 0 Å². The molecular formula is C14H18N2O. The van der Waals surface area contributed by atoms with Crippen LogP contribution in [0.25, 0.3) is 0 Å². The van der Waals surface area contributed by atoms with E-state index in [0.29, 0.717) is 12.0 Å². The zero-order valence-corrected chi connectivity index (χ0v) is 10.6. The fourth-order valence-corrected chi connectivity index (χ4v) is 1.74. The molecule has 0 aliphatic heterocycles. The van der Waals surface area contributed by atoms with Crippen LogP contribution < -0.4 is 5.32 Å². The van der Waals surface area contributed by atoms with Crippen LogP contribution in [0.5, 0.6) is 0 Å². The van der Waals surface area contributed by atoms with Crippen LogP contribution in [0.4, 0.5) is 0 Å². The van der Waals surface area contributed by atoms with Crippen molar-refractivity contribution in [2.75, 3.05) is 0 Å². The van der Waals surface area contributed by atoms with Crippen LogP contribution in [0, 0.1) is 25.2 Å². The highest BCUT2D eigenvalue weighted by molar-refractivity contribution is 5.95. The molecule has 1 aromatic carbocycles. The number of amides is 1. The Morgan fingerprint density at radius 3 is 2.71 bits per heavy atom. The van der Waals surface area contributed by atoms with Gasteiger partial charge in [0, 0.05) is 11.6 Å². The number of nitrogens with zero attached hydrogens (tertiary/aromatic N) is 1. The topological polar surface area (TPSA) is 52.9 Å². The molecule has 1 rings (SSSR count). The third-order valence-corrected chi connectivity index (χ3v) is 2.79. The summed E-state index contributed by atoms with van der Waals surface area (Å²) >= 11 is 0. The van der Waals surface area contributed by atoms with Gasteiger partial charge in [-0.05, 0) is 31.9 Å². The molecule has 0 fully saturated rings. The number of rotatable bonds is 4. The lowest BCUT2D eigenvalue weighted by molar-refractivity contribution is 0.0936. The Labute approximate surface area is 102 Å². The van der Waals surface area contributed by atoms with E-state index in [4.69, 9.17) is 5.26 Å². The second-order valence-corrected chi connectivity index (χ2v) is 4.26. The third kappa shape index (κ3) is 3.60. The third-order valence-electron chi connectivity index (χ3n) is 2.79. The summed E-state index contributed by atoms with van der Waals surface area (Å²) in [6.07, 6.45) is 1.12. The van der Waals surface area contributed by atoms with Gasteiger partial charge < -0.3 is 5.32 Å². The molecule has 0 aromatic heterocycles. The lowest BCUT2D eigenvalue weighted by Crippen LogP contribution is -2.34. The maximum atomic E-state index is 12.0. The van der Waals surface area contributed by atoms with Crippen LogP contribution in [0.2, 0.25) is 0 Å². The molecule has 1 amide bonds. The van der Waals surface area contributed by atoms with E-state index in [2.05, 4.69) is 11.4 Å². The molecular weight excluding hydrogens is 212 g/mol. The van der Waals surface area contributed by atoms with Crippen molar-refractivity contribution in [3.8, 4) is 6.07 Å². The van der Waals surface area contributed by atoms with Crippen molar-refractivity contribution >= 4 is 5.91 Å². The number of hydrogen-bond donors (Lipinski definition) is 1. The standard InChI is InChI=1S/C14H18N2O/c1-4-12(7-8-15)16-14(17)13-6-5-10(2)9-11(13)3/h5-6,9,12H,4,7H2,1-3H3,(H,16,17). The summed E-state index contributed by atoms with van der Waals surface area (Å²) < 4.78 is 0. The molecule has 3 nitrogen and oxygen atoms in total. The number of aryl methyl sites for hydroxylation is 2. The SMILES string of the molecule is CCC(CC#N)NC(=O)c1ccc(C)cc1C. The van der Waals surface area contributed by atoms with Gasteiger partial charge in [0.05, 0.1) is 12.5 Å². The van der Waals surface area contributed by atoms with Gasteiger partial charge >= 0.3 is 0 Å². The predicted molar refractivity (Wildman–Crippen MR) is 67.7 cm³/mol. The van der Waals surface area contributed by atoms with Crippen molar-refractivity contribution in [3.05, 3.63) is 34.9 Å². The first kappa shape index (κ1) is 13.2. The molecule has 0 heterocycles.